The maximum absolute atomic E-state index is 4.09. The van der Waals surface area contributed by atoms with Crippen LogP contribution in [0.25, 0.3) is 6.08 Å². The Balaban J connectivity index is 2.15. The van der Waals surface area contributed by atoms with E-state index in [-0.39, 0.29) is 0 Å². The molecule has 0 aliphatic heterocycles. The average molecular weight is 193 g/mol. The molecule has 0 aliphatic carbocycles. The van der Waals surface area contributed by atoms with E-state index in [2.05, 4.69) is 29.5 Å². The molecule has 0 amide bonds. The van der Waals surface area contributed by atoms with Gasteiger partial charge in [0, 0.05) is 18.8 Å². The third-order valence-electron chi connectivity index (χ3n) is 1.95. The highest BCUT2D eigenvalue weighted by molar-refractivity contribution is 5.46. The zero-order chi connectivity index (χ0) is 10.2. The van der Waals surface area contributed by atoms with Crippen LogP contribution >= 0.6 is 0 Å². The molecule has 0 aliphatic rings. The zero-order valence-corrected chi connectivity index (χ0v) is 9.03. The van der Waals surface area contributed by atoms with Gasteiger partial charge in [0.15, 0.2) is 0 Å². The zero-order valence-electron chi connectivity index (χ0n) is 9.03. The quantitative estimate of drug-likeness (QED) is 0.698. The molecule has 0 unspecified atom stereocenters. The van der Waals surface area contributed by atoms with Crippen LogP contribution in [0.4, 0.5) is 0 Å². The van der Waals surface area contributed by atoms with E-state index >= 15 is 0 Å². The van der Waals surface area contributed by atoms with Crippen molar-refractivity contribution in [2.75, 3.05) is 13.1 Å². The van der Waals surface area contributed by atoms with Crippen molar-refractivity contribution < 1.29 is 0 Å². The highest BCUT2D eigenvalue weighted by Crippen LogP contribution is 1.99. The maximum Gasteiger partial charge on any atom is 0.0562 e. The molecular formula is C11H19N3. The molecule has 3 heteroatoms. The van der Waals surface area contributed by atoms with Crippen LogP contribution in [0.1, 0.15) is 25.3 Å². The summed E-state index contributed by atoms with van der Waals surface area (Å²) in [5.41, 5.74) is 1.17. The summed E-state index contributed by atoms with van der Waals surface area (Å²) in [6, 6.07) is 0. The van der Waals surface area contributed by atoms with Gasteiger partial charge in [-0.3, -0.25) is 4.68 Å². The van der Waals surface area contributed by atoms with Crippen LogP contribution in [0.2, 0.25) is 0 Å². The number of hydrogen-bond acceptors (Lipinski definition) is 2. The number of nitrogens with zero attached hydrogens (tertiary/aromatic N) is 2. The lowest BCUT2D eigenvalue weighted by molar-refractivity contribution is 0.679. The second kappa shape index (κ2) is 6.38. The van der Waals surface area contributed by atoms with Gasteiger partial charge in [-0.1, -0.05) is 19.1 Å². The molecule has 3 nitrogen and oxygen atoms in total. The molecule has 0 spiro atoms. The van der Waals surface area contributed by atoms with Crippen molar-refractivity contribution in [1.82, 2.24) is 15.1 Å². The van der Waals surface area contributed by atoms with Gasteiger partial charge in [0.2, 0.25) is 0 Å². The summed E-state index contributed by atoms with van der Waals surface area (Å²) in [5, 5.41) is 7.45. The molecular weight excluding hydrogens is 174 g/mol. The SMILES string of the molecule is CCCNCCC=Cc1cnn(C)c1. The van der Waals surface area contributed by atoms with Gasteiger partial charge in [0.05, 0.1) is 6.20 Å². The first kappa shape index (κ1) is 11.0. The van der Waals surface area contributed by atoms with Gasteiger partial charge in [0.25, 0.3) is 0 Å². The van der Waals surface area contributed by atoms with Crippen LogP contribution < -0.4 is 5.32 Å². The van der Waals surface area contributed by atoms with Gasteiger partial charge in [-0.15, -0.1) is 0 Å². The standard InChI is InChI=1S/C11H19N3/c1-3-7-12-8-5-4-6-11-9-13-14(2)10-11/h4,6,9-10,12H,3,5,7-8H2,1-2H3. The van der Waals surface area contributed by atoms with Gasteiger partial charge in [-0.25, -0.2) is 0 Å². The van der Waals surface area contributed by atoms with Crippen LogP contribution in [0, 0.1) is 0 Å². The lowest BCUT2D eigenvalue weighted by Crippen LogP contribution is -2.14. The minimum Gasteiger partial charge on any atom is -0.316 e. The molecule has 14 heavy (non-hydrogen) atoms. The van der Waals surface area contributed by atoms with Crippen molar-refractivity contribution in [3.63, 3.8) is 0 Å². The number of aryl methyl sites for hydroxylation is 1. The van der Waals surface area contributed by atoms with E-state index in [9.17, 15) is 0 Å². The summed E-state index contributed by atoms with van der Waals surface area (Å²) < 4.78 is 1.81. The van der Waals surface area contributed by atoms with E-state index in [1.54, 1.807) is 0 Å². The van der Waals surface area contributed by atoms with Gasteiger partial charge in [-0.05, 0) is 25.9 Å². The number of aromatic nitrogens is 2. The number of nitrogens with one attached hydrogen (secondary N) is 1. The van der Waals surface area contributed by atoms with Crippen LogP contribution in [0.15, 0.2) is 18.5 Å². The molecule has 0 radical (unpaired) electrons. The molecule has 0 aromatic carbocycles. The van der Waals surface area contributed by atoms with E-state index in [1.165, 1.54) is 12.0 Å². The van der Waals surface area contributed by atoms with E-state index in [1.807, 2.05) is 24.1 Å². The summed E-state index contributed by atoms with van der Waals surface area (Å²) in [4.78, 5) is 0. The number of hydrogen-bond donors (Lipinski definition) is 1. The Hall–Kier alpha value is -1.09. The molecule has 78 valence electrons. The van der Waals surface area contributed by atoms with E-state index in [4.69, 9.17) is 0 Å². The fraction of sp³-hybridized carbons (Fsp3) is 0.545. The predicted molar refractivity (Wildman–Crippen MR) is 60.0 cm³/mol. The Morgan fingerprint density at radius 1 is 1.50 bits per heavy atom. The molecule has 1 N–H and O–H groups in total. The molecule has 0 fully saturated rings. The molecule has 0 saturated carbocycles. The fourth-order valence-electron chi connectivity index (χ4n) is 1.23. The highest BCUT2D eigenvalue weighted by Gasteiger charge is 1.88. The van der Waals surface area contributed by atoms with Crippen LogP contribution in [0.3, 0.4) is 0 Å². The first-order valence-corrected chi connectivity index (χ1v) is 5.19. The molecule has 1 rings (SSSR count). The third-order valence-corrected chi connectivity index (χ3v) is 1.95. The second-order valence-electron chi connectivity index (χ2n) is 3.39. The molecule has 0 atom stereocenters. The van der Waals surface area contributed by atoms with E-state index in [0.717, 1.165) is 19.5 Å². The summed E-state index contributed by atoms with van der Waals surface area (Å²) in [7, 11) is 1.93. The van der Waals surface area contributed by atoms with Gasteiger partial charge in [-0.2, -0.15) is 5.10 Å². The van der Waals surface area contributed by atoms with Gasteiger partial charge >= 0.3 is 0 Å². The summed E-state index contributed by atoms with van der Waals surface area (Å²) in [6.45, 7) is 4.35. The molecule has 1 aromatic rings. The predicted octanol–water partition coefficient (Wildman–Crippen LogP) is 1.82. The highest BCUT2D eigenvalue weighted by atomic mass is 15.2. The summed E-state index contributed by atoms with van der Waals surface area (Å²) >= 11 is 0. The molecule has 1 heterocycles. The second-order valence-corrected chi connectivity index (χ2v) is 3.39. The Morgan fingerprint density at radius 2 is 2.36 bits per heavy atom. The minimum absolute atomic E-state index is 1.06. The van der Waals surface area contributed by atoms with E-state index in [0.29, 0.717) is 0 Å². The lowest BCUT2D eigenvalue weighted by atomic mass is 10.3. The molecule has 0 bridgehead atoms. The monoisotopic (exact) mass is 193 g/mol. The largest absolute Gasteiger partial charge is 0.316 e. The topological polar surface area (TPSA) is 29.9 Å². The third kappa shape index (κ3) is 4.23. The van der Waals surface area contributed by atoms with Crippen LogP contribution in [0.5, 0.6) is 0 Å². The van der Waals surface area contributed by atoms with Crippen molar-refractivity contribution in [1.29, 1.82) is 0 Å². The van der Waals surface area contributed by atoms with Crippen molar-refractivity contribution in [3.8, 4) is 0 Å². The van der Waals surface area contributed by atoms with Crippen LogP contribution in [-0.2, 0) is 7.05 Å². The molecule has 1 aromatic heterocycles. The van der Waals surface area contributed by atoms with E-state index < -0.39 is 0 Å². The Kier molecular flexibility index (Phi) is 5.00. The first-order chi connectivity index (χ1) is 6.83. The summed E-state index contributed by atoms with van der Waals surface area (Å²) in [6.07, 6.45) is 10.5. The van der Waals surface area contributed by atoms with Gasteiger partial charge < -0.3 is 5.32 Å². The lowest BCUT2D eigenvalue weighted by Gasteiger charge is -1.97. The van der Waals surface area contributed by atoms with Crippen LogP contribution in [-0.4, -0.2) is 22.9 Å². The number of rotatable bonds is 6. The maximum atomic E-state index is 4.09. The fourth-order valence-corrected chi connectivity index (χ4v) is 1.23. The Morgan fingerprint density at radius 3 is 3.00 bits per heavy atom. The summed E-state index contributed by atoms with van der Waals surface area (Å²) in [5.74, 6) is 0. The van der Waals surface area contributed by atoms with Gasteiger partial charge in [0.1, 0.15) is 0 Å². The van der Waals surface area contributed by atoms with Crippen molar-refractivity contribution in [2.45, 2.75) is 19.8 Å². The Bertz CT molecular complexity index is 276. The average Bonchev–Trinajstić information content (AvgIpc) is 2.58. The molecule has 0 saturated heterocycles. The van der Waals surface area contributed by atoms with Crippen molar-refractivity contribution in [3.05, 3.63) is 24.0 Å². The normalized spacial score (nSPS) is 11.3. The smallest absolute Gasteiger partial charge is 0.0562 e. The van der Waals surface area contributed by atoms with Crippen molar-refractivity contribution >= 4 is 6.08 Å². The first-order valence-electron chi connectivity index (χ1n) is 5.19. The Labute approximate surface area is 85.8 Å². The minimum atomic E-state index is 1.06. The van der Waals surface area contributed by atoms with Crippen molar-refractivity contribution in [2.24, 2.45) is 7.05 Å².